The predicted octanol–water partition coefficient (Wildman–Crippen LogP) is 2.59. The van der Waals surface area contributed by atoms with Crippen LogP contribution in [-0.2, 0) is 0 Å². The second-order valence-corrected chi connectivity index (χ2v) is 4.60. The summed E-state index contributed by atoms with van der Waals surface area (Å²) >= 11 is 5.83. The average molecular weight is 268 g/mol. The Hall–Kier alpha value is -1.82. The molecule has 0 spiro atoms. The summed E-state index contributed by atoms with van der Waals surface area (Å²) in [5, 5.41) is 4.27. The minimum Gasteiger partial charge on any atom is -0.368 e. The summed E-state index contributed by atoms with van der Waals surface area (Å²) in [6.45, 7) is 4.09. The van der Waals surface area contributed by atoms with Crippen molar-refractivity contribution in [2.24, 2.45) is 0 Å². The Morgan fingerprint density at radius 1 is 1.33 bits per heavy atom. The summed E-state index contributed by atoms with van der Waals surface area (Å²) in [5.74, 6) is 1.55. The first-order valence-electron chi connectivity index (χ1n) is 5.47. The highest BCUT2D eigenvalue weighted by molar-refractivity contribution is 6.29. The third kappa shape index (κ3) is 2.53. The molecule has 18 heavy (non-hydrogen) atoms. The van der Waals surface area contributed by atoms with E-state index in [0.29, 0.717) is 17.6 Å². The molecule has 0 fully saturated rings. The second kappa shape index (κ2) is 4.81. The third-order valence-electron chi connectivity index (χ3n) is 2.48. The molecule has 0 aliphatic carbocycles. The molecular formula is C11H14ClN5O. The third-order valence-corrected chi connectivity index (χ3v) is 2.67. The molecule has 0 aliphatic heterocycles. The predicted molar refractivity (Wildman–Crippen MR) is 70.1 cm³/mol. The zero-order valence-electron chi connectivity index (χ0n) is 10.4. The van der Waals surface area contributed by atoms with E-state index in [4.69, 9.17) is 21.9 Å². The molecule has 2 aromatic heterocycles. The molecule has 7 heteroatoms. The van der Waals surface area contributed by atoms with E-state index in [2.05, 4.69) is 15.1 Å². The molecule has 2 rings (SSSR count). The van der Waals surface area contributed by atoms with Gasteiger partial charge < -0.3 is 10.3 Å². The Labute approximate surface area is 110 Å². The first-order valence-corrected chi connectivity index (χ1v) is 5.85. The van der Waals surface area contributed by atoms with Crippen LogP contribution in [0.25, 0.3) is 0 Å². The van der Waals surface area contributed by atoms with Crippen molar-refractivity contribution in [3.05, 3.63) is 23.0 Å². The van der Waals surface area contributed by atoms with E-state index in [0.717, 1.165) is 5.69 Å². The number of aromatic nitrogens is 3. The average Bonchev–Trinajstić information content (AvgIpc) is 2.75. The fourth-order valence-corrected chi connectivity index (χ4v) is 1.60. The van der Waals surface area contributed by atoms with Gasteiger partial charge in [-0.25, -0.2) is 4.98 Å². The zero-order valence-corrected chi connectivity index (χ0v) is 11.1. The van der Waals surface area contributed by atoms with Gasteiger partial charge in [-0.2, -0.15) is 4.98 Å². The Bertz CT molecular complexity index is 534. The maximum atomic E-state index is 5.83. The number of nitrogens with two attached hydrogens (primary N) is 1. The number of rotatable bonds is 3. The van der Waals surface area contributed by atoms with Crippen LogP contribution in [0, 0.1) is 0 Å². The van der Waals surface area contributed by atoms with Gasteiger partial charge >= 0.3 is 0 Å². The minimum absolute atomic E-state index is 0.118. The van der Waals surface area contributed by atoms with Crippen molar-refractivity contribution >= 4 is 29.3 Å². The lowest BCUT2D eigenvalue weighted by Crippen LogP contribution is -2.12. The molecule has 0 bridgehead atoms. The Morgan fingerprint density at radius 2 is 2.06 bits per heavy atom. The van der Waals surface area contributed by atoms with Crippen LogP contribution in [0.15, 0.2) is 16.7 Å². The number of nitrogens with zero attached hydrogens (tertiary/aromatic N) is 4. The molecule has 6 nitrogen and oxygen atoms in total. The summed E-state index contributed by atoms with van der Waals surface area (Å²) in [6, 6.07) is 3.46. The molecule has 0 radical (unpaired) electrons. The van der Waals surface area contributed by atoms with Gasteiger partial charge in [-0.15, -0.1) is 0 Å². The summed E-state index contributed by atoms with van der Waals surface area (Å²) in [7, 11) is 1.79. The number of halogens is 1. The van der Waals surface area contributed by atoms with Crippen LogP contribution in [0.2, 0.25) is 5.15 Å². The molecule has 96 valence electrons. The van der Waals surface area contributed by atoms with Crippen LogP contribution in [0.5, 0.6) is 0 Å². The van der Waals surface area contributed by atoms with Crippen LogP contribution >= 0.6 is 11.6 Å². The standard InChI is InChI=1S/C11H14ClN5O/c1-6(2)7-4-10(18-16-7)17(3)9-5-8(12)14-11(13)15-9/h4-6H,1-3H3,(H2,13,14,15). The van der Waals surface area contributed by atoms with Gasteiger partial charge in [0.25, 0.3) is 0 Å². The lowest BCUT2D eigenvalue weighted by Gasteiger charge is -2.13. The molecule has 0 amide bonds. The van der Waals surface area contributed by atoms with Crippen LogP contribution in [0.3, 0.4) is 0 Å². The van der Waals surface area contributed by atoms with Crippen molar-refractivity contribution in [1.82, 2.24) is 15.1 Å². The normalized spacial score (nSPS) is 10.9. The van der Waals surface area contributed by atoms with Crippen LogP contribution in [0.4, 0.5) is 17.7 Å². The monoisotopic (exact) mass is 267 g/mol. The van der Waals surface area contributed by atoms with Crippen molar-refractivity contribution in [3.63, 3.8) is 0 Å². The number of hydrogen-bond donors (Lipinski definition) is 1. The highest BCUT2D eigenvalue weighted by Crippen LogP contribution is 2.26. The first-order chi connectivity index (χ1) is 8.47. The van der Waals surface area contributed by atoms with Gasteiger partial charge in [-0.05, 0) is 5.92 Å². The fraction of sp³-hybridized carbons (Fsp3) is 0.364. The van der Waals surface area contributed by atoms with E-state index in [1.165, 1.54) is 0 Å². The molecule has 0 aliphatic rings. The quantitative estimate of drug-likeness (QED) is 0.861. The lowest BCUT2D eigenvalue weighted by molar-refractivity contribution is 0.414. The van der Waals surface area contributed by atoms with Gasteiger partial charge in [0.1, 0.15) is 11.0 Å². The molecule has 2 heterocycles. The Balaban J connectivity index is 2.31. The van der Waals surface area contributed by atoms with E-state index in [1.54, 1.807) is 18.0 Å². The van der Waals surface area contributed by atoms with E-state index in [1.807, 2.05) is 19.9 Å². The molecular weight excluding hydrogens is 254 g/mol. The van der Waals surface area contributed by atoms with E-state index in [-0.39, 0.29) is 11.1 Å². The minimum atomic E-state index is 0.118. The molecule has 0 saturated heterocycles. The highest BCUT2D eigenvalue weighted by atomic mass is 35.5. The summed E-state index contributed by atoms with van der Waals surface area (Å²) in [6.07, 6.45) is 0. The van der Waals surface area contributed by atoms with Crippen molar-refractivity contribution in [3.8, 4) is 0 Å². The molecule has 2 aromatic rings. The Kier molecular flexibility index (Phi) is 3.38. The van der Waals surface area contributed by atoms with Crippen molar-refractivity contribution in [1.29, 1.82) is 0 Å². The molecule has 0 aromatic carbocycles. The van der Waals surface area contributed by atoms with Crippen molar-refractivity contribution in [2.75, 3.05) is 17.7 Å². The topological polar surface area (TPSA) is 81.1 Å². The molecule has 2 N–H and O–H groups in total. The lowest BCUT2D eigenvalue weighted by atomic mass is 10.1. The second-order valence-electron chi connectivity index (χ2n) is 4.21. The van der Waals surface area contributed by atoms with Gasteiger partial charge in [0.05, 0.1) is 5.69 Å². The molecule has 0 atom stereocenters. The van der Waals surface area contributed by atoms with Crippen LogP contribution in [0.1, 0.15) is 25.5 Å². The van der Waals surface area contributed by atoms with Gasteiger partial charge in [-0.3, -0.25) is 4.90 Å². The van der Waals surface area contributed by atoms with Gasteiger partial charge in [0.15, 0.2) is 0 Å². The maximum Gasteiger partial charge on any atom is 0.232 e. The number of nitrogen functional groups attached to an aromatic ring is 1. The molecule has 0 unspecified atom stereocenters. The van der Waals surface area contributed by atoms with Gasteiger partial charge in [0, 0.05) is 19.2 Å². The van der Waals surface area contributed by atoms with Crippen LogP contribution < -0.4 is 10.6 Å². The van der Waals surface area contributed by atoms with E-state index >= 15 is 0 Å². The van der Waals surface area contributed by atoms with Crippen molar-refractivity contribution in [2.45, 2.75) is 19.8 Å². The number of hydrogen-bond acceptors (Lipinski definition) is 6. The highest BCUT2D eigenvalue weighted by Gasteiger charge is 2.14. The summed E-state index contributed by atoms with van der Waals surface area (Å²) < 4.78 is 5.25. The van der Waals surface area contributed by atoms with Gasteiger partial charge in [0.2, 0.25) is 11.8 Å². The zero-order chi connectivity index (χ0) is 13.3. The summed E-state index contributed by atoms with van der Waals surface area (Å²) in [4.78, 5) is 9.60. The fourth-order valence-electron chi connectivity index (χ4n) is 1.42. The van der Waals surface area contributed by atoms with E-state index in [9.17, 15) is 0 Å². The van der Waals surface area contributed by atoms with Crippen molar-refractivity contribution < 1.29 is 4.52 Å². The smallest absolute Gasteiger partial charge is 0.232 e. The maximum absolute atomic E-state index is 5.83. The van der Waals surface area contributed by atoms with E-state index < -0.39 is 0 Å². The molecule has 0 saturated carbocycles. The van der Waals surface area contributed by atoms with Crippen LogP contribution in [-0.4, -0.2) is 22.2 Å². The number of anilines is 3. The Morgan fingerprint density at radius 3 is 2.61 bits per heavy atom. The summed E-state index contributed by atoms with van der Waals surface area (Å²) in [5.41, 5.74) is 6.43. The first kappa shape index (κ1) is 12.6. The van der Waals surface area contributed by atoms with Gasteiger partial charge in [-0.1, -0.05) is 30.6 Å². The SMILES string of the molecule is CC(C)c1cc(N(C)c2cc(Cl)nc(N)n2)on1. The largest absolute Gasteiger partial charge is 0.368 e.